The zero-order chi connectivity index (χ0) is 15.3. The summed E-state index contributed by atoms with van der Waals surface area (Å²) in [6.45, 7) is 9.62. The molecule has 20 heavy (non-hydrogen) atoms. The number of carbonyl (C=O) groups excluding carboxylic acids is 1. The van der Waals surface area contributed by atoms with Crippen LogP contribution in [0.5, 0.6) is 5.75 Å². The number of nitrogens with one attached hydrogen (secondary N) is 2. The van der Waals surface area contributed by atoms with E-state index in [1.807, 2.05) is 34.6 Å². The molecule has 2 amide bonds. The summed E-state index contributed by atoms with van der Waals surface area (Å²) in [6, 6.07) is 4.40. The number of hydrogen-bond donors (Lipinski definition) is 2. The number of carbonyl (C=O) groups is 1. The lowest BCUT2D eigenvalue weighted by Crippen LogP contribution is -2.46. The quantitative estimate of drug-likeness (QED) is 0.891. The van der Waals surface area contributed by atoms with Gasteiger partial charge in [-0.15, -0.1) is 0 Å². The third-order valence-electron chi connectivity index (χ3n) is 2.30. The van der Waals surface area contributed by atoms with Crippen LogP contribution in [0.2, 0.25) is 0 Å². The summed E-state index contributed by atoms with van der Waals surface area (Å²) in [5, 5.41) is 5.46. The minimum absolute atomic E-state index is 0.0777. The predicted octanol–water partition coefficient (Wildman–Crippen LogP) is 3.21. The molecule has 0 spiro atoms. The number of amides is 2. The van der Waals surface area contributed by atoms with Crippen LogP contribution in [-0.4, -0.2) is 17.7 Å². The van der Waals surface area contributed by atoms with Gasteiger partial charge in [0.15, 0.2) is 11.6 Å². The highest BCUT2D eigenvalue weighted by Gasteiger charge is 2.13. The van der Waals surface area contributed by atoms with Gasteiger partial charge in [-0.1, -0.05) is 6.07 Å². The van der Waals surface area contributed by atoms with Gasteiger partial charge >= 0.3 is 6.03 Å². The maximum absolute atomic E-state index is 13.8. The molecule has 0 saturated carbocycles. The van der Waals surface area contributed by atoms with E-state index < -0.39 is 5.82 Å². The highest BCUT2D eigenvalue weighted by molar-refractivity contribution is 5.74. The van der Waals surface area contributed by atoms with Gasteiger partial charge in [-0.05, 0) is 52.3 Å². The second-order valence-corrected chi connectivity index (χ2v) is 5.99. The number of hydrogen-bond acceptors (Lipinski definition) is 2. The van der Waals surface area contributed by atoms with Gasteiger partial charge in [-0.25, -0.2) is 9.18 Å². The normalized spacial score (nSPS) is 11.3. The van der Waals surface area contributed by atoms with Gasteiger partial charge in [0.1, 0.15) is 0 Å². The molecule has 0 aliphatic carbocycles. The zero-order valence-corrected chi connectivity index (χ0v) is 12.7. The summed E-state index contributed by atoms with van der Waals surface area (Å²) in [5.41, 5.74) is 0.382. The summed E-state index contributed by atoms with van der Waals surface area (Å²) in [7, 11) is 0. The molecule has 4 nitrogen and oxygen atoms in total. The summed E-state index contributed by atoms with van der Waals surface area (Å²) in [6.07, 6.45) is -0.0777. The Bertz CT molecular complexity index is 467. The second-order valence-electron chi connectivity index (χ2n) is 5.99. The molecular weight excluding hydrogens is 259 g/mol. The Hall–Kier alpha value is -1.78. The van der Waals surface area contributed by atoms with Crippen molar-refractivity contribution in [2.75, 3.05) is 0 Å². The summed E-state index contributed by atoms with van der Waals surface area (Å²) >= 11 is 0. The lowest BCUT2D eigenvalue weighted by atomic mass is 10.1. The first kappa shape index (κ1) is 16.3. The first-order valence-corrected chi connectivity index (χ1v) is 6.68. The van der Waals surface area contributed by atoms with E-state index in [1.54, 1.807) is 12.1 Å². The molecule has 0 bridgehead atoms. The molecule has 0 fully saturated rings. The van der Waals surface area contributed by atoms with Crippen LogP contribution in [0, 0.1) is 5.82 Å². The van der Waals surface area contributed by atoms with E-state index in [4.69, 9.17) is 4.74 Å². The Balaban J connectivity index is 2.57. The van der Waals surface area contributed by atoms with Crippen LogP contribution < -0.4 is 15.4 Å². The lowest BCUT2D eigenvalue weighted by molar-refractivity contribution is 0.230. The standard InChI is InChI=1S/C15H23FN2O2/c1-10(2)20-13-7-6-11(8-12(13)16)9-17-14(19)18-15(3,4)5/h6-8,10H,9H2,1-5H3,(H2,17,18,19). The smallest absolute Gasteiger partial charge is 0.315 e. The maximum Gasteiger partial charge on any atom is 0.315 e. The van der Waals surface area contributed by atoms with Gasteiger partial charge in [0, 0.05) is 12.1 Å². The Morgan fingerprint density at radius 3 is 2.50 bits per heavy atom. The fourth-order valence-corrected chi connectivity index (χ4v) is 1.57. The van der Waals surface area contributed by atoms with Crippen molar-refractivity contribution in [2.45, 2.75) is 52.8 Å². The molecule has 0 aromatic heterocycles. The van der Waals surface area contributed by atoms with E-state index >= 15 is 0 Å². The van der Waals surface area contributed by atoms with E-state index in [9.17, 15) is 9.18 Å². The van der Waals surface area contributed by atoms with E-state index in [-0.39, 0.29) is 30.0 Å². The van der Waals surface area contributed by atoms with Crippen molar-refractivity contribution >= 4 is 6.03 Å². The molecule has 5 heteroatoms. The summed E-state index contributed by atoms with van der Waals surface area (Å²) < 4.78 is 19.1. The Morgan fingerprint density at radius 1 is 1.35 bits per heavy atom. The van der Waals surface area contributed by atoms with Crippen LogP contribution >= 0.6 is 0 Å². The minimum Gasteiger partial charge on any atom is -0.488 e. The highest BCUT2D eigenvalue weighted by atomic mass is 19.1. The molecule has 0 saturated heterocycles. The highest BCUT2D eigenvalue weighted by Crippen LogP contribution is 2.19. The molecule has 112 valence electrons. The van der Waals surface area contributed by atoms with Crippen molar-refractivity contribution in [1.29, 1.82) is 0 Å². The average molecular weight is 282 g/mol. The lowest BCUT2D eigenvalue weighted by Gasteiger charge is -2.20. The van der Waals surface area contributed by atoms with Crippen LogP contribution in [0.4, 0.5) is 9.18 Å². The first-order chi connectivity index (χ1) is 9.17. The van der Waals surface area contributed by atoms with E-state index in [2.05, 4.69) is 10.6 Å². The van der Waals surface area contributed by atoms with Crippen molar-refractivity contribution in [3.63, 3.8) is 0 Å². The second kappa shape index (κ2) is 6.59. The van der Waals surface area contributed by atoms with Crippen molar-refractivity contribution in [1.82, 2.24) is 10.6 Å². The summed E-state index contributed by atoms with van der Waals surface area (Å²) in [5.74, 6) is -0.197. The number of rotatable bonds is 4. The van der Waals surface area contributed by atoms with Crippen molar-refractivity contribution in [3.05, 3.63) is 29.6 Å². The molecular formula is C15H23FN2O2. The van der Waals surface area contributed by atoms with Crippen LogP contribution in [0.15, 0.2) is 18.2 Å². The van der Waals surface area contributed by atoms with E-state index in [1.165, 1.54) is 6.07 Å². The maximum atomic E-state index is 13.8. The van der Waals surface area contributed by atoms with Crippen LogP contribution in [-0.2, 0) is 6.54 Å². The molecule has 1 rings (SSSR count). The Kier molecular flexibility index (Phi) is 5.36. The van der Waals surface area contributed by atoms with Gasteiger partial charge in [0.05, 0.1) is 6.10 Å². The molecule has 0 radical (unpaired) electrons. The van der Waals surface area contributed by atoms with Crippen molar-refractivity contribution in [2.24, 2.45) is 0 Å². The molecule has 0 heterocycles. The minimum atomic E-state index is -0.422. The van der Waals surface area contributed by atoms with Crippen LogP contribution in [0.1, 0.15) is 40.2 Å². The first-order valence-electron chi connectivity index (χ1n) is 6.68. The number of benzene rings is 1. The van der Waals surface area contributed by atoms with E-state index in [0.717, 1.165) is 0 Å². The molecule has 0 atom stereocenters. The van der Waals surface area contributed by atoms with Crippen LogP contribution in [0.3, 0.4) is 0 Å². The van der Waals surface area contributed by atoms with Gasteiger partial charge in [-0.3, -0.25) is 0 Å². The summed E-state index contributed by atoms with van der Waals surface area (Å²) in [4.78, 5) is 11.6. The Morgan fingerprint density at radius 2 is 2.00 bits per heavy atom. The predicted molar refractivity (Wildman–Crippen MR) is 77.3 cm³/mol. The number of urea groups is 1. The van der Waals surface area contributed by atoms with Gasteiger partial charge in [0.2, 0.25) is 0 Å². The van der Waals surface area contributed by atoms with Gasteiger partial charge in [-0.2, -0.15) is 0 Å². The topological polar surface area (TPSA) is 50.4 Å². The molecule has 1 aromatic rings. The SMILES string of the molecule is CC(C)Oc1ccc(CNC(=O)NC(C)(C)C)cc1F. The Labute approximate surface area is 119 Å². The third-order valence-corrected chi connectivity index (χ3v) is 2.30. The molecule has 0 aliphatic rings. The molecule has 2 N–H and O–H groups in total. The molecule has 1 aromatic carbocycles. The fourth-order valence-electron chi connectivity index (χ4n) is 1.57. The molecule has 0 unspecified atom stereocenters. The zero-order valence-electron chi connectivity index (χ0n) is 12.7. The van der Waals surface area contributed by atoms with Crippen LogP contribution in [0.25, 0.3) is 0 Å². The number of halogens is 1. The van der Waals surface area contributed by atoms with Crippen molar-refractivity contribution in [3.8, 4) is 5.75 Å². The van der Waals surface area contributed by atoms with Gasteiger partial charge in [0.25, 0.3) is 0 Å². The van der Waals surface area contributed by atoms with Gasteiger partial charge < -0.3 is 15.4 Å². The fraction of sp³-hybridized carbons (Fsp3) is 0.533. The largest absolute Gasteiger partial charge is 0.488 e. The molecule has 0 aliphatic heterocycles. The number of ether oxygens (including phenoxy) is 1. The van der Waals surface area contributed by atoms with Crippen molar-refractivity contribution < 1.29 is 13.9 Å². The van der Waals surface area contributed by atoms with E-state index in [0.29, 0.717) is 5.56 Å². The average Bonchev–Trinajstić information content (AvgIpc) is 2.27. The monoisotopic (exact) mass is 282 g/mol. The third kappa shape index (κ3) is 5.91.